The molecule has 0 saturated heterocycles. The molecule has 0 saturated carbocycles. The quantitative estimate of drug-likeness (QED) is 0.916. The van der Waals surface area contributed by atoms with Crippen LogP contribution in [0.25, 0.3) is 0 Å². The Morgan fingerprint density at radius 3 is 2.39 bits per heavy atom. The van der Waals surface area contributed by atoms with E-state index in [0.717, 1.165) is 16.9 Å². The van der Waals surface area contributed by atoms with Gasteiger partial charge in [-0.3, -0.25) is 4.79 Å². The lowest BCUT2D eigenvalue weighted by molar-refractivity contribution is 0.1000. The van der Waals surface area contributed by atoms with Gasteiger partial charge in [0.15, 0.2) is 0 Å². The van der Waals surface area contributed by atoms with Gasteiger partial charge in [-0.15, -0.1) is 0 Å². The third kappa shape index (κ3) is 4.03. The molecule has 23 heavy (non-hydrogen) atoms. The molecule has 2 rings (SSSR count). The van der Waals surface area contributed by atoms with Crippen LogP contribution in [0.15, 0.2) is 42.5 Å². The van der Waals surface area contributed by atoms with Crippen molar-refractivity contribution in [1.82, 2.24) is 0 Å². The second kappa shape index (κ2) is 6.73. The van der Waals surface area contributed by atoms with Gasteiger partial charge in [0.1, 0.15) is 18.1 Å². The Labute approximate surface area is 137 Å². The van der Waals surface area contributed by atoms with Crippen molar-refractivity contribution in [2.45, 2.75) is 32.8 Å². The fourth-order valence-corrected chi connectivity index (χ4v) is 2.41. The number of primary amides is 1. The Bertz CT molecular complexity index is 702. The van der Waals surface area contributed by atoms with E-state index in [-0.39, 0.29) is 5.41 Å². The smallest absolute Gasteiger partial charge is 0.248 e. The van der Waals surface area contributed by atoms with Crippen molar-refractivity contribution in [2.24, 2.45) is 5.73 Å². The molecular weight excluding hydrogens is 290 g/mol. The molecule has 0 aliphatic carbocycles. The standard InChI is InChI=1S/C19H23NO3/c1-19(2,3)15-7-5-6-8-17(15)23-12-14-11-13(18(20)21)9-10-16(14)22-4/h5-11H,12H2,1-4H3,(H2,20,21). The molecule has 0 aliphatic heterocycles. The predicted molar refractivity (Wildman–Crippen MR) is 91.0 cm³/mol. The number of methoxy groups -OCH3 is 1. The van der Waals surface area contributed by atoms with E-state index in [4.69, 9.17) is 15.2 Å². The molecule has 2 N–H and O–H groups in total. The first kappa shape index (κ1) is 16.9. The van der Waals surface area contributed by atoms with E-state index in [9.17, 15) is 4.79 Å². The topological polar surface area (TPSA) is 61.5 Å². The normalized spacial score (nSPS) is 11.1. The zero-order chi connectivity index (χ0) is 17.0. The van der Waals surface area contributed by atoms with Gasteiger partial charge in [-0.05, 0) is 35.2 Å². The summed E-state index contributed by atoms with van der Waals surface area (Å²) in [4.78, 5) is 11.4. The summed E-state index contributed by atoms with van der Waals surface area (Å²) in [6, 6.07) is 13.0. The van der Waals surface area contributed by atoms with Gasteiger partial charge < -0.3 is 15.2 Å². The third-order valence-corrected chi connectivity index (χ3v) is 3.64. The molecule has 2 aromatic rings. The molecule has 2 aromatic carbocycles. The minimum atomic E-state index is -0.469. The third-order valence-electron chi connectivity index (χ3n) is 3.64. The monoisotopic (exact) mass is 313 g/mol. The maximum Gasteiger partial charge on any atom is 0.248 e. The lowest BCUT2D eigenvalue weighted by Gasteiger charge is -2.23. The first-order valence-electron chi connectivity index (χ1n) is 7.52. The lowest BCUT2D eigenvalue weighted by Crippen LogP contribution is -2.14. The van der Waals surface area contributed by atoms with Gasteiger partial charge in [-0.25, -0.2) is 0 Å². The number of para-hydroxylation sites is 1. The molecule has 0 atom stereocenters. The Morgan fingerprint density at radius 2 is 1.78 bits per heavy atom. The highest BCUT2D eigenvalue weighted by atomic mass is 16.5. The fourth-order valence-electron chi connectivity index (χ4n) is 2.41. The highest BCUT2D eigenvalue weighted by Gasteiger charge is 2.18. The summed E-state index contributed by atoms with van der Waals surface area (Å²) >= 11 is 0. The summed E-state index contributed by atoms with van der Waals surface area (Å²) in [5, 5.41) is 0. The van der Waals surface area contributed by atoms with Crippen LogP contribution in [0.2, 0.25) is 0 Å². The van der Waals surface area contributed by atoms with Crippen LogP contribution in [-0.4, -0.2) is 13.0 Å². The van der Waals surface area contributed by atoms with E-state index >= 15 is 0 Å². The van der Waals surface area contributed by atoms with Gasteiger partial charge in [-0.1, -0.05) is 39.0 Å². The number of rotatable bonds is 5. The van der Waals surface area contributed by atoms with E-state index in [2.05, 4.69) is 26.8 Å². The van der Waals surface area contributed by atoms with Gasteiger partial charge in [0.25, 0.3) is 0 Å². The van der Waals surface area contributed by atoms with E-state index in [1.807, 2.05) is 18.2 Å². The Morgan fingerprint density at radius 1 is 1.09 bits per heavy atom. The molecular formula is C19H23NO3. The van der Waals surface area contributed by atoms with Crippen molar-refractivity contribution < 1.29 is 14.3 Å². The highest BCUT2D eigenvalue weighted by Crippen LogP contribution is 2.32. The Kier molecular flexibility index (Phi) is 4.94. The zero-order valence-electron chi connectivity index (χ0n) is 14.1. The maximum atomic E-state index is 11.4. The Balaban J connectivity index is 2.28. The minimum absolute atomic E-state index is 0.0181. The van der Waals surface area contributed by atoms with Crippen LogP contribution >= 0.6 is 0 Å². The summed E-state index contributed by atoms with van der Waals surface area (Å²) in [6.45, 7) is 6.73. The van der Waals surface area contributed by atoms with E-state index in [0.29, 0.717) is 17.9 Å². The molecule has 0 unspecified atom stereocenters. The largest absolute Gasteiger partial charge is 0.496 e. The second-order valence-corrected chi connectivity index (χ2v) is 6.43. The van der Waals surface area contributed by atoms with E-state index in [1.165, 1.54) is 0 Å². The number of benzene rings is 2. The van der Waals surface area contributed by atoms with E-state index in [1.54, 1.807) is 25.3 Å². The molecule has 1 amide bonds. The van der Waals surface area contributed by atoms with E-state index < -0.39 is 5.91 Å². The summed E-state index contributed by atoms with van der Waals surface area (Å²) in [5.74, 6) is 1.03. The van der Waals surface area contributed by atoms with Crippen LogP contribution in [0.4, 0.5) is 0 Å². The Hall–Kier alpha value is -2.49. The molecule has 0 bridgehead atoms. The van der Waals surface area contributed by atoms with Crippen LogP contribution in [-0.2, 0) is 12.0 Å². The molecule has 0 radical (unpaired) electrons. The molecule has 4 heteroatoms. The van der Waals surface area contributed by atoms with Crippen LogP contribution < -0.4 is 15.2 Å². The fraction of sp³-hybridized carbons (Fsp3) is 0.316. The summed E-state index contributed by atoms with van der Waals surface area (Å²) in [7, 11) is 1.59. The molecule has 0 aromatic heterocycles. The SMILES string of the molecule is COc1ccc(C(N)=O)cc1COc1ccccc1C(C)(C)C. The molecule has 0 spiro atoms. The number of carbonyl (C=O) groups excluding carboxylic acids is 1. The van der Waals surface area contributed by atoms with Crippen LogP contribution in [0.5, 0.6) is 11.5 Å². The summed E-state index contributed by atoms with van der Waals surface area (Å²) in [5.41, 5.74) is 7.68. The molecule has 0 aliphatic rings. The van der Waals surface area contributed by atoms with Crippen molar-refractivity contribution in [3.63, 3.8) is 0 Å². The van der Waals surface area contributed by atoms with Crippen LogP contribution in [0, 0.1) is 0 Å². The van der Waals surface area contributed by atoms with Gasteiger partial charge in [0, 0.05) is 11.1 Å². The van der Waals surface area contributed by atoms with Gasteiger partial charge in [0.05, 0.1) is 7.11 Å². The number of nitrogens with two attached hydrogens (primary N) is 1. The predicted octanol–water partition coefficient (Wildman–Crippen LogP) is 3.67. The number of amides is 1. The van der Waals surface area contributed by atoms with Crippen molar-refractivity contribution in [3.8, 4) is 11.5 Å². The van der Waals surface area contributed by atoms with Gasteiger partial charge in [0.2, 0.25) is 5.91 Å². The molecule has 0 heterocycles. The average Bonchev–Trinajstić information content (AvgIpc) is 2.51. The average molecular weight is 313 g/mol. The number of hydrogen-bond donors (Lipinski definition) is 1. The van der Waals surface area contributed by atoms with Crippen molar-refractivity contribution in [1.29, 1.82) is 0 Å². The number of carbonyl (C=O) groups is 1. The lowest BCUT2D eigenvalue weighted by atomic mass is 9.86. The zero-order valence-corrected chi connectivity index (χ0v) is 14.1. The first-order valence-corrected chi connectivity index (χ1v) is 7.52. The van der Waals surface area contributed by atoms with Crippen molar-refractivity contribution in [2.75, 3.05) is 7.11 Å². The number of ether oxygens (including phenoxy) is 2. The van der Waals surface area contributed by atoms with Crippen molar-refractivity contribution >= 4 is 5.91 Å². The summed E-state index contributed by atoms with van der Waals surface area (Å²) in [6.07, 6.45) is 0. The maximum absolute atomic E-state index is 11.4. The van der Waals surface area contributed by atoms with Crippen LogP contribution in [0.1, 0.15) is 42.3 Å². The molecule has 0 fully saturated rings. The highest BCUT2D eigenvalue weighted by molar-refractivity contribution is 5.93. The second-order valence-electron chi connectivity index (χ2n) is 6.43. The van der Waals surface area contributed by atoms with Gasteiger partial charge in [-0.2, -0.15) is 0 Å². The minimum Gasteiger partial charge on any atom is -0.496 e. The number of hydrogen-bond acceptors (Lipinski definition) is 3. The summed E-state index contributed by atoms with van der Waals surface area (Å²) < 4.78 is 11.3. The van der Waals surface area contributed by atoms with Gasteiger partial charge >= 0.3 is 0 Å². The first-order chi connectivity index (χ1) is 10.8. The van der Waals surface area contributed by atoms with Crippen molar-refractivity contribution in [3.05, 3.63) is 59.2 Å². The molecule has 4 nitrogen and oxygen atoms in total. The van der Waals surface area contributed by atoms with Crippen LogP contribution in [0.3, 0.4) is 0 Å². The molecule has 122 valence electrons.